The predicted octanol–water partition coefficient (Wildman–Crippen LogP) is 5.47. The summed E-state index contributed by atoms with van der Waals surface area (Å²) < 4.78 is 0. The van der Waals surface area contributed by atoms with Crippen molar-refractivity contribution in [2.45, 2.75) is 10.3 Å². The van der Waals surface area contributed by atoms with Crippen molar-refractivity contribution < 1.29 is 19.6 Å². The average molecular weight is 462 g/mol. The van der Waals surface area contributed by atoms with E-state index in [4.69, 9.17) is 0 Å². The number of hydrogen-bond acceptors (Lipinski definition) is 4. The lowest BCUT2D eigenvalue weighted by molar-refractivity contribution is 0.366. The SMILES string of the molecule is OP(O)C(c1ccccc1)(c1ccccc1)C(c1ccccc1)(c1ccccc1)P(O)O. The zero-order chi connectivity index (χ0) is 22.6. The first-order chi connectivity index (χ1) is 15.6. The van der Waals surface area contributed by atoms with Crippen LogP contribution in [0.2, 0.25) is 0 Å². The predicted molar refractivity (Wildman–Crippen MR) is 130 cm³/mol. The molecule has 32 heavy (non-hydrogen) atoms. The molecule has 0 amide bonds. The molecule has 0 spiro atoms. The third-order valence-corrected chi connectivity index (χ3v) is 8.97. The van der Waals surface area contributed by atoms with E-state index in [-0.39, 0.29) is 0 Å². The number of rotatable bonds is 7. The number of hydrogen-bond donors (Lipinski definition) is 4. The van der Waals surface area contributed by atoms with Gasteiger partial charge in [-0.1, -0.05) is 121 Å². The summed E-state index contributed by atoms with van der Waals surface area (Å²) >= 11 is 0. The van der Waals surface area contributed by atoms with E-state index in [1.54, 1.807) is 0 Å². The Balaban J connectivity index is 2.26. The van der Waals surface area contributed by atoms with Crippen LogP contribution in [0.1, 0.15) is 22.3 Å². The van der Waals surface area contributed by atoms with Crippen molar-refractivity contribution >= 4 is 16.8 Å². The van der Waals surface area contributed by atoms with Crippen LogP contribution in [0.3, 0.4) is 0 Å². The Labute approximate surface area is 190 Å². The molecule has 0 aromatic heterocycles. The van der Waals surface area contributed by atoms with Crippen LogP contribution in [0, 0.1) is 0 Å². The van der Waals surface area contributed by atoms with Gasteiger partial charge in [0.1, 0.15) is 10.3 Å². The van der Waals surface area contributed by atoms with Crippen molar-refractivity contribution in [3.05, 3.63) is 144 Å². The molecule has 0 radical (unpaired) electrons. The monoisotopic (exact) mass is 462 g/mol. The van der Waals surface area contributed by atoms with E-state index >= 15 is 0 Å². The Morgan fingerprint density at radius 3 is 0.688 bits per heavy atom. The van der Waals surface area contributed by atoms with Gasteiger partial charge in [-0.25, -0.2) is 0 Å². The van der Waals surface area contributed by atoms with Gasteiger partial charge in [0, 0.05) is 0 Å². The first kappa shape index (κ1) is 22.8. The van der Waals surface area contributed by atoms with E-state index in [1.807, 2.05) is 121 Å². The maximum atomic E-state index is 11.3. The zero-order valence-corrected chi connectivity index (χ0v) is 19.0. The minimum absolute atomic E-state index is 0.589. The van der Waals surface area contributed by atoms with Gasteiger partial charge in [-0.15, -0.1) is 0 Å². The summed E-state index contributed by atoms with van der Waals surface area (Å²) in [5.74, 6) is 0. The van der Waals surface area contributed by atoms with Crippen molar-refractivity contribution in [3.8, 4) is 0 Å². The van der Waals surface area contributed by atoms with Crippen LogP contribution >= 0.6 is 16.8 Å². The van der Waals surface area contributed by atoms with Crippen LogP contribution in [-0.2, 0) is 10.3 Å². The first-order valence-electron chi connectivity index (χ1n) is 10.1. The Kier molecular flexibility index (Phi) is 6.83. The largest absolute Gasteiger partial charge is 0.349 e. The minimum Gasteiger partial charge on any atom is -0.349 e. The fourth-order valence-electron chi connectivity index (χ4n) is 4.64. The van der Waals surface area contributed by atoms with Gasteiger partial charge in [-0.3, -0.25) is 0 Å². The lowest BCUT2D eigenvalue weighted by Crippen LogP contribution is -2.48. The summed E-state index contributed by atoms with van der Waals surface area (Å²) in [6, 6.07) is 36.5. The van der Waals surface area contributed by atoms with Gasteiger partial charge in [0.05, 0.1) is 0 Å². The van der Waals surface area contributed by atoms with E-state index < -0.39 is 27.1 Å². The van der Waals surface area contributed by atoms with Crippen molar-refractivity contribution in [1.29, 1.82) is 0 Å². The third kappa shape index (κ3) is 3.50. The molecule has 4 nitrogen and oxygen atoms in total. The summed E-state index contributed by atoms with van der Waals surface area (Å²) in [6.45, 7) is 0. The van der Waals surface area contributed by atoms with E-state index in [0.29, 0.717) is 22.3 Å². The van der Waals surface area contributed by atoms with E-state index in [0.717, 1.165) is 0 Å². The Morgan fingerprint density at radius 1 is 0.344 bits per heavy atom. The van der Waals surface area contributed by atoms with Gasteiger partial charge in [0.15, 0.2) is 16.8 Å². The fraction of sp³-hybridized carbons (Fsp3) is 0.0769. The molecule has 0 aliphatic heterocycles. The van der Waals surface area contributed by atoms with Crippen LogP contribution in [0.25, 0.3) is 0 Å². The summed E-state index contributed by atoms with van der Waals surface area (Å²) in [4.78, 5) is 45.1. The van der Waals surface area contributed by atoms with Gasteiger partial charge in [-0.2, -0.15) is 0 Å². The standard InChI is InChI=1S/C26H24O4P2/c27-31(28)25(21-13-5-1-6-14-21,22-15-7-2-8-16-22)26(32(29)30,23-17-9-3-10-18-23)24-19-11-4-12-20-24/h1-20,27-30H. The smallest absolute Gasteiger partial charge is 0.182 e. The molecule has 4 aromatic rings. The van der Waals surface area contributed by atoms with E-state index in [2.05, 4.69) is 0 Å². The molecule has 0 fully saturated rings. The summed E-state index contributed by atoms with van der Waals surface area (Å²) in [5, 5.41) is -3.13. The maximum absolute atomic E-state index is 11.3. The number of benzene rings is 4. The molecule has 0 atom stereocenters. The molecule has 0 unspecified atom stereocenters. The van der Waals surface area contributed by atoms with Crippen molar-refractivity contribution in [2.75, 3.05) is 0 Å². The summed E-state index contributed by atoms with van der Waals surface area (Å²) in [7, 11) is -5.54. The molecule has 0 bridgehead atoms. The Hall–Kier alpha value is -2.42. The second-order valence-corrected chi connectivity index (χ2v) is 9.96. The topological polar surface area (TPSA) is 80.9 Å². The quantitative estimate of drug-likeness (QED) is 0.275. The van der Waals surface area contributed by atoms with Crippen LogP contribution in [0.15, 0.2) is 121 Å². The van der Waals surface area contributed by atoms with Crippen molar-refractivity contribution in [1.82, 2.24) is 0 Å². The van der Waals surface area contributed by atoms with Gasteiger partial charge in [0.2, 0.25) is 0 Å². The van der Waals surface area contributed by atoms with E-state index in [9.17, 15) is 19.6 Å². The van der Waals surface area contributed by atoms with Crippen molar-refractivity contribution in [3.63, 3.8) is 0 Å². The van der Waals surface area contributed by atoms with Crippen LogP contribution in [0.5, 0.6) is 0 Å². The third-order valence-electron chi connectivity index (χ3n) is 5.89. The lowest BCUT2D eigenvalue weighted by atomic mass is 9.71. The van der Waals surface area contributed by atoms with Gasteiger partial charge < -0.3 is 19.6 Å². The molecule has 0 saturated carbocycles. The Morgan fingerprint density at radius 2 is 0.531 bits per heavy atom. The summed E-state index contributed by atoms with van der Waals surface area (Å²) in [5.41, 5.74) is 2.35. The molecular weight excluding hydrogens is 438 g/mol. The maximum Gasteiger partial charge on any atom is 0.182 e. The van der Waals surface area contributed by atoms with Gasteiger partial charge >= 0.3 is 0 Å². The van der Waals surface area contributed by atoms with Crippen LogP contribution < -0.4 is 0 Å². The van der Waals surface area contributed by atoms with Crippen LogP contribution in [-0.4, -0.2) is 19.6 Å². The average Bonchev–Trinajstić information content (AvgIpc) is 2.84. The minimum atomic E-state index is -2.77. The fourth-order valence-corrected chi connectivity index (χ4v) is 7.79. The summed E-state index contributed by atoms with van der Waals surface area (Å²) in [6.07, 6.45) is 0. The molecule has 0 aliphatic rings. The molecule has 4 rings (SSSR count). The highest BCUT2D eigenvalue weighted by atomic mass is 31.2. The first-order valence-corrected chi connectivity index (χ1v) is 12.6. The lowest BCUT2D eigenvalue weighted by Gasteiger charge is -2.52. The normalized spacial score (nSPS) is 12.3. The molecule has 4 N–H and O–H groups in total. The van der Waals surface area contributed by atoms with Crippen molar-refractivity contribution in [2.24, 2.45) is 0 Å². The molecule has 162 valence electrons. The van der Waals surface area contributed by atoms with Gasteiger partial charge in [0.25, 0.3) is 0 Å². The molecular formula is C26H24O4P2. The second-order valence-electron chi connectivity index (χ2n) is 7.46. The molecule has 4 aromatic carbocycles. The molecule has 0 aliphatic carbocycles. The second kappa shape index (κ2) is 9.60. The Bertz CT molecular complexity index is 950. The van der Waals surface area contributed by atoms with Crippen LogP contribution in [0.4, 0.5) is 0 Å². The molecule has 6 heteroatoms. The van der Waals surface area contributed by atoms with E-state index in [1.165, 1.54) is 0 Å². The van der Waals surface area contributed by atoms with Gasteiger partial charge in [-0.05, 0) is 22.3 Å². The highest BCUT2D eigenvalue weighted by Crippen LogP contribution is 2.74. The zero-order valence-electron chi connectivity index (χ0n) is 17.2. The highest BCUT2D eigenvalue weighted by molar-refractivity contribution is 7.52. The highest BCUT2D eigenvalue weighted by Gasteiger charge is 2.64. The molecule has 0 heterocycles. The molecule has 0 saturated heterocycles.